The van der Waals surface area contributed by atoms with Gasteiger partial charge in [0.2, 0.25) is 5.91 Å². The molecule has 0 bridgehead atoms. The fourth-order valence-corrected chi connectivity index (χ4v) is 4.86. The number of ether oxygens (including phenoxy) is 1. The topological polar surface area (TPSA) is 57.7 Å². The largest absolute Gasteiger partial charge is 0.379 e. The second-order valence-electron chi connectivity index (χ2n) is 8.24. The highest BCUT2D eigenvalue weighted by atomic mass is 16.5. The summed E-state index contributed by atoms with van der Waals surface area (Å²) in [6.45, 7) is 8.03. The van der Waals surface area contributed by atoms with Crippen LogP contribution in [0.1, 0.15) is 37.7 Å². The number of aromatic nitrogens is 1. The normalized spacial score (nSPS) is 26.3. The van der Waals surface area contributed by atoms with Gasteiger partial charge in [0.05, 0.1) is 18.6 Å². The molecule has 2 saturated heterocycles. The summed E-state index contributed by atoms with van der Waals surface area (Å²) in [5.41, 5.74) is 0.720. The number of carbonyl (C=O) groups excluding carboxylic acids is 1. The second-order valence-corrected chi connectivity index (χ2v) is 8.24. The summed E-state index contributed by atoms with van der Waals surface area (Å²) in [7, 11) is 0. The molecule has 3 heterocycles. The average Bonchev–Trinajstić information content (AvgIpc) is 3.38. The molecule has 0 aromatic carbocycles. The third-order valence-corrected chi connectivity index (χ3v) is 6.55. The molecule has 4 rings (SSSR count). The average molecular weight is 373 g/mol. The van der Waals surface area contributed by atoms with Crippen molar-refractivity contribution < 1.29 is 9.53 Å². The molecule has 0 spiro atoms. The zero-order valence-electron chi connectivity index (χ0n) is 16.2. The minimum atomic E-state index is -0.366. The first-order valence-electron chi connectivity index (χ1n) is 10.5. The van der Waals surface area contributed by atoms with E-state index in [0.29, 0.717) is 0 Å². The Bertz CT molecular complexity index is 612. The number of rotatable bonds is 6. The number of hydrogen-bond acceptors (Lipinski definition) is 5. The molecule has 6 heteroatoms. The van der Waals surface area contributed by atoms with Gasteiger partial charge in [-0.25, -0.2) is 0 Å². The van der Waals surface area contributed by atoms with Gasteiger partial charge >= 0.3 is 0 Å². The highest BCUT2D eigenvalue weighted by Gasteiger charge is 2.43. The van der Waals surface area contributed by atoms with Gasteiger partial charge in [0.1, 0.15) is 0 Å². The van der Waals surface area contributed by atoms with Crippen LogP contribution in [0.25, 0.3) is 0 Å². The molecule has 27 heavy (non-hydrogen) atoms. The van der Waals surface area contributed by atoms with E-state index in [1.54, 1.807) is 6.20 Å². The predicted octanol–water partition coefficient (Wildman–Crippen LogP) is 1.42. The lowest BCUT2D eigenvalue weighted by atomic mass is 9.78. The molecule has 6 nitrogen and oxygen atoms in total. The smallest absolute Gasteiger partial charge is 0.230 e. The van der Waals surface area contributed by atoms with Crippen LogP contribution in [0.15, 0.2) is 24.5 Å². The minimum absolute atomic E-state index is 0.216. The van der Waals surface area contributed by atoms with E-state index in [1.807, 2.05) is 12.3 Å². The number of pyridine rings is 1. The Morgan fingerprint density at radius 1 is 1.19 bits per heavy atom. The van der Waals surface area contributed by atoms with Crippen LogP contribution in [0.2, 0.25) is 0 Å². The molecular weight excluding hydrogens is 340 g/mol. The first-order chi connectivity index (χ1) is 13.3. The molecule has 2 aliphatic heterocycles. The lowest BCUT2D eigenvalue weighted by molar-refractivity contribution is -0.127. The molecule has 1 N–H and O–H groups in total. The van der Waals surface area contributed by atoms with E-state index in [1.165, 1.54) is 0 Å². The van der Waals surface area contributed by atoms with Gasteiger partial charge in [-0.2, -0.15) is 0 Å². The molecule has 1 amide bonds. The van der Waals surface area contributed by atoms with E-state index in [0.717, 1.165) is 90.1 Å². The standard InChI is InChI=1S/C21H32N4O2/c26-20(21(6-1-2-7-21)18-4-3-8-22-16-18)23-19-5-9-25(17-19)11-10-24-12-14-27-15-13-24/h3-4,8,16,19H,1-2,5-7,9-15,17H2,(H,23,26). The van der Waals surface area contributed by atoms with Crippen LogP contribution >= 0.6 is 0 Å². The molecule has 1 aromatic heterocycles. The molecule has 0 radical (unpaired) electrons. The summed E-state index contributed by atoms with van der Waals surface area (Å²) in [5.74, 6) is 0.216. The first-order valence-corrected chi connectivity index (χ1v) is 10.5. The van der Waals surface area contributed by atoms with Crippen molar-refractivity contribution in [2.75, 3.05) is 52.5 Å². The Morgan fingerprint density at radius 3 is 2.70 bits per heavy atom. The lowest BCUT2D eigenvalue weighted by Crippen LogP contribution is -2.48. The number of amides is 1. The van der Waals surface area contributed by atoms with E-state index in [9.17, 15) is 4.79 Å². The van der Waals surface area contributed by atoms with Crippen molar-refractivity contribution in [3.05, 3.63) is 30.1 Å². The highest BCUT2D eigenvalue weighted by molar-refractivity contribution is 5.88. The van der Waals surface area contributed by atoms with Gasteiger partial charge in [-0.3, -0.25) is 19.6 Å². The van der Waals surface area contributed by atoms with Crippen molar-refractivity contribution in [1.29, 1.82) is 0 Å². The number of carbonyl (C=O) groups is 1. The fraction of sp³-hybridized carbons (Fsp3) is 0.714. The van der Waals surface area contributed by atoms with Crippen LogP contribution in [0.5, 0.6) is 0 Å². The van der Waals surface area contributed by atoms with E-state index in [2.05, 4.69) is 26.2 Å². The van der Waals surface area contributed by atoms with Crippen molar-refractivity contribution in [1.82, 2.24) is 20.1 Å². The van der Waals surface area contributed by atoms with Crippen molar-refractivity contribution in [2.45, 2.75) is 43.6 Å². The number of nitrogens with one attached hydrogen (secondary N) is 1. The SMILES string of the molecule is O=C(NC1CCN(CCN2CCOCC2)C1)C1(c2cccnc2)CCCC1. The summed E-state index contributed by atoms with van der Waals surface area (Å²) in [6.07, 6.45) is 8.85. The Morgan fingerprint density at radius 2 is 1.96 bits per heavy atom. The predicted molar refractivity (Wildman–Crippen MR) is 105 cm³/mol. The molecule has 1 atom stereocenters. The Kier molecular flexibility index (Phi) is 6.05. The van der Waals surface area contributed by atoms with Crippen LogP contribution in [-0.4, -0.2) is 79.2 Å². The van der Waals surface area contributed by atoms with Gasteiger partial charge in [0.25, 0.3) is 0 Å². The van der Waals surface area contributed by atoms with Gasteiger partial charge in [-0.05, 0) is 30.9 Å². The lowest BCUT2D eigenvalue weighted by Gasteiger charge is -2.30. The monoisotopic (exact) mass is 372 g/mol. The first kappa shape index (κ1) is 18.8. The van der Waals surface area contributed by atoms with Crippen LogP contribution in [-0.2, 0) is 14.9 Å². The molecule has 148 valence electrons. The number of hydrogen-bond donors (Lipinski definition) is 1. The molecule has 1 unspecified atom stereocenters. The van der Waals surface area contributed by atoms with Gasteiger partial charge in [0, 0.05) is 57.7 Å². The van der Waals surface area contributed by atoms with Crippen molar-refractivity contribution in [3.8, 4) is 0 Å². The van der Waals surface area contributed by atoms with E-state index >= 15 is 0 Å². The summed E-state index contributed by atoms with van der Waals surface area (Å²) < 4.78 is 5.42. The van der Waals surface area contributed by atoms with E-state index in [4.69, 9.17) is 4.74 Å². The summed E-state index contributed by atoms with van der Waals surface area (Å²) >= 11 is 0. The number of morpholine rings is 1. The van der Waals surface area contributed by atoms with Gasteiger partial charge in [-0.1, -0.05) is 18.9 Å². The quantitative estimate of drug-likeness (QED) is 0.818. The maximum atomic E-state index is 13.3. The maximum absolute atomic E-state index is 13.3. The van der Waals surface area contributed by atoms with Crippen LogP contribution < -0.4 is 5.32 Å². The van der Waals surface area contributed by atoms with Gasteiger partial charge in [-0.15, -0.1) is 0 Å². The van der Waals surface area contributed by atoms with Crippen molar-refractivity contribution in [2.24, 2.45) is 0 Å². The van der Waals surface area contributed by atoms with Gasteiger partial charge in [0.15, 0.2) is 0 Å². The molecule has 3 fully saturated rings. The summed E-state index contributed by atoms with van der Waals surface area (Å²) in [5, 5.41) is 3.39. The summed E-state index contributed by atoms with van der Waals surface area (Å²) in [6, 6.07) is 4.30. The van der Waals surface area contributed by atoms with Crippen LogP contribution in [0, 0.1) is 0 Å². The summed E-state index contributed by atoms with van der Waals surface area (Å²) in [4.78, 5) is 22.5. The van der Waals surface area contributed by atoms with Crippen molar-refractivity contribution in [3.63, 3.8) is 0 Å². The van der Waals surface area contributed by atoms with Crippen LogP contribution in [0.4, 0.5) is 0 Å². The molecule has 3 aliphatic rings. The maximum Gasteiger partial charge on any atom is 0.230 e. The molecule has 1 saturated carbocycles. The van der Waals surface area contributed by atoms with E-state index < -0.39 is 0 Å². The Balaban J connectivity index is 1.30. The Labute approximate surface area is 162 Å². The zero-order chi connectivity index (χ0) is 18.5. The third kappa shape index (κ3) is 4.33. The van der Waals surface area contributed by atoms with Crippen LogP contribution in [0.3, 0.4) is 0 Å². The second kappa shape index (κ2) is 8.67. The number of likely N-dealkylation sites (tertiary alicyclic amines) is 1. The molecule has 1 aromatic rings. The molecule has 1 aliphatic carbocycles. The number of nitrogens with zero attached hydrogens (tertiary/aromatic N) is 3. The third-order valence-electron chi connectivity index (χ3n) is 6.55. The minimum Gasteiger partial charge on any atom is -0.379 e. The van der Waals surface area contributed by atoms with Crippen molar-refractivity contribution >= 4 is 5.91 Å². The zero-order valence-corrected chi connectivity index (χ0v) is 16.2. The highest BCUT2D eigenvalue weighted by Crippen LogP contribution is 2.41. The Hall–Kier alpha value is -1.50. The van der Waals surface area contributed by atoms with Gasteiger partial charge < -0.3 is 10.1 Å². The molecular formula is C21H32N4O2. The fourth-order valence-electron chi connectivity index (χ4n) is 4.86. The van der Waals surface area contributed by atoms with E-state index in [-0.39, 0.29) is 17.4 Å².